The van der Waals surface area contributed by atoms with Gasteiger partial charge in [-0.1, -0.05) is 28.1 Å². The molecule has 1 atom stereocenters. The first-order chi connectivity index (χ1) is 7.04. The maximum atomic E-state index is 11.1. The second-order valence-corrected chi connectivity index (χ2v) is 4.66. The predicted octanol–water partition coefficient (Wildman–Crippen LogP) is 3.08. The summed E-state index contributed by atoms with van der Waals surface area (Å²) in [6, 6.07) is 5.89. The molecule has 4 heteroatoms. The molecule has 0 bridgehead atoms. The van der Waals surface area contributed by atoms with Crippen LogP contribution < -0.4 is 0 Å². The average molecular weight is 292 g/mol. The summed E-state index contributed by atoms with van der Waals surface area (Å²) in [5.41, 5.74) is 2.15. The van der Waals surface area contributed by atoms with E-state index in [2.05, 4.69) is 20.7 Å². The van der Waals surface area contributed by atoms with E-state index in [1.807, 2.05) is 25.1 Å². The Morgan fingerprint density at radius 3 is 2.80 bits per heavy atom. The molecule has 0 radical (unpaired) electrons. The number of ether oxygens (including phenoxy) is 1. The lowest BCUT2D eigenvalue weighted by molar-refractivity contribution is -0.140. The van der Waals surface area contributed by atoms with Crippen LogP contribution in [0.4, 0.5) is 0 Å². The van der Waals surface area contributed by atoms with Crippen molar-refractivity contribution in [2.45, 2.75) is 18.7 Å². The van der Waals surface area contributed by atoms with Crippen LogP contribution in [0.2, 0.25) is 0 Å². The van der Waals surface area contributed by atoms with Gasteiger partial charge in [-0.05, 0) is 30.5 Å². The molecule has 0 aliphatic rings. The van der Waals surface area contributed by atoms with Crippen molar-refractivity contribution < 1.29 is 9.53 Å². The summed E-state index contributed by atoms with van der Waals surface area (Å²) < 4.78 is 5.61. The lowest BCUT2D eigenvalue weighted by Crippen LogP contribution is -2.18. The average Bonchev–Trinajstić information content (AvgIpc) is 2.22. The highest BCUT2D eigenvalue weighted by atomic mass is 79.9. The Morgan fingerprint density at radius 2 is 2.27 bits per heavy atom. The maximum Gasteiger partial charge on any atom is 0.324 e. The van der Waals surface area contributed by atoms with Gasteiger partial charge in [-0.25, -0.2) is 0 Å². The third-order valence-electron chi connectivity index (χ3n) is 2.09. The van der Waals surface area contributed by atoms with E-state index >= 15 is 0 Å². The van der Waals surface area contributed by atoms with Crippen molar-refractivity contribution in [3.05, 3.63) is 33.8 Å². The topological polar surface area (TPSA) is 26.3 Å². The second-order valence-electron chi connectivity index (χ2n) is 3.28. The fraction of sp³-hybridized carbons (Fsp3) is 0.364. The molecule has 0 aromatic heterocycles. The molecule has 15 heavy (non-hydrogen) atoms. The minimum Gasteiger partial charge on any atom is -0.468 e. The fourth-order valence-electron chi connectivity index (χ4n) is 1.25. The van der Waals surface area contributed by atoms with Crippen molar-refractivity contribution in [1.82, 2.24) is 0 Å². The van der Waals surface area contributed by atoms with Crippen LogP contribution in [0.5, 0.6) is 0 Å². The number of hydrogen-bond acceptors (Lipinski definition) is 2. The van der Waals surface area contributed by atoms with Gasteiger partial charge in [-0.3, -0.25) is 4.79 Å². The fourth-order valence-corrected chi connectivity index (χ4v) is 1.77. The SMILES string of the molecule is COC(=O)C(Cl)Cc1ccc(Br)c(C)c1. The van der Waals surface area contributed by atoms with E-state index in [4.69, 9.17) is 11.6 Å². The smallest absolute Gasteiger partial charge is 0.324 e. The first-order valence-electron chi connectivity index (χ1n) is 4.51. The largest absolute Gasteiger partial charge is 0.468 e. The highest BCUT2D eigenvalue weighted by Crippen LogP contribution is 2.19. The lowest BCUT2D eigenvalue weighted by atomic mass is 10.1. The number of alkyl halides is 1. The van der Waals surface area contributed by atoms with Crippen LogP contribution >= 0.6 is 27.5 Å². The molecule has 1 unspecified atom stereocenters. The Morgan fingerprint density at radius 1 is 1.60 bits per heavy atom. The van der Waals surface area contributed by atoms with Gasteiger partial charge in [0, 0.05) is 4.47 Å². The summed E-state index contributed by atoms with van der Waals surface area (Å²) >= 11 is 9.29. The van der Waals surface area contributed by atoms with E-state index in [0.29, 0.717) is 6.42 Å². The maximum absolute atomic E-state index is 11.1. The van der Waals surface area contributed by atoms with Gasteiger partial charge >= 0.3 is 5.97 Å². The van der Waals surface area contributed by atoms with Gasteiger partial charge < -0.3 is 4.74 Å². The lowest BCUT2D eigenvalue weighted by Gasteiger charge is -2.08. The molecule has 1 aromatic carbocycles. The number of esters is 1. The van der Waals surface area contributed by atoms with Gasteiger partial charge in [-0.2, -0.15) is 0 Å². The Bertz CT molecular complexity index is 366. The zero-order valence-corrected chi connectivity index (χ0v) is 10.9. The monoisotopic (exact) mass is 290 g/mol. The zero-order valence-electron chi connectivity index (χ0n) is 8.59. The van der Waals surface area contributed by atoms with Crippen LogP contribution in [-0.4, -0.2) is 18.5 Å². The first kappa shape index (κ1) is 12.5. The molecule has 0 aliphatic carbocycles. The quantitative estimate of drug-likeness (QED) is 0.632. The third kappa shape index (κ3) is 3.50. The molecule has 0 N–H and O–H groups in total. The number of carbonyl (C=O) groups excluding carboxylic acids is 1. The number of benzene rings is 1. The molecule has 0 aliphatic heterocycles. The van der Waals surface area contributed by atoms with E-state index < -0.39 is 11.3 Å². The summed E-state index contributed by atoms with van der Waals surface area (Å²) in [5.74, 6) is -0.391. The van der Waals surface area contributed by atoms with Crippen LogP contribution in [-0.2, 0) is 16.0 Å². The molecule has 1 aromatic rings. The normalized spacial score (nSPS) is 12.3. The Labute approximate surface area is 103 Å². The highest BCUT2D eigenvalue weighted by molar-refractivity contribution is 9.10. The molecule has 2 nitrogen and oxygen atoms in total. The molecule has 0 amide bonds. The number of halogens is 2. The van der Waals surface area contributed by atoms with Crippen LogP contribution in [0, 0.1) is 6.92 Å². The molecule has 0 saturated carbocycles. The predicted molar refractivity (Wildman–Crippen MR) is 64.2 cm³/mol. The molecule has 0 heterocycles. The van der Waals surface area contributed by atoms with E-state index in [9.17, 15) is 4.79 Å². The van der Waals surface area contributed by atoms with Crippen molar-refractivity contribution in [3.63, 3.8) is 0 Å². The molecule has 82 valence electrons. The zero-order chi connectivity index (χ0) is 11.4. The third-order valence-corrected chi connectivity index (χ3v) is 3.32. The minimum atomic E-state index is -0.615. The van der Waals surface area contributed by atoms with Crippen molar-refractivity contribution in [2.75, 3.05) is 7.11 Å². The van der Waals surface area contributed by atoms with Crippen LogP contribution in [0.1, 0.15) is 11.1 Å². The van der Waals surface area contributed by atoms with Crippen LogP contribution in [0.15, 0.2) is 22.7 Å². The molecular weight excluding hydrogens is 279 g/mol. The Balaban J connectivity index is 2.73. The molecule has 0 fully saturated rings. The molecule has 0 spiro atoms. The van der Waals surface area contributed by atoms with Crippen LogP contribution in [0.25, 0.3) is 0 Å². The second kappa shape index (κ2) is 5.52. The van der Waals surface area contributed by atoms with E-state index in [0.717, 1.165) is 15.6 Å². The van der Waals surface area contributed by atoms with Gasteiger partial charge in [0.2, 0.25) is 0 Å². The Hall–Kier alpha value is -0.540. The summed E-state index contributed by atoms with van der Waals surface area (Å²) in [4.78, 5) is 11.1. The van der Waals surface area contributed by atoms with Crippen molar-refractivity contribution in [1.29, 1.82) is 0 Å². The van der Waals surface area contributed by atoms with Gasteiger partial charge in [0.1, 0.15) is 5.38 Å². The molecule has 0 saturated heterocycles. The first-order valence-corrected chi connectivity index (χ1v) is 5.74. The Kier molecular flexibility index (Phi) is 4.61. The van der Waals surface area contributed by atoms with E-state index in [-0.39, 0.29) is 0 Å². The van der Waals surface area contributed by atoms with E-state index in [1.54, 1.807) is 0 Å². The number of rotatable bonds is 3. The van der Waals surface area contributed by atoms with E-state index in [1.165, 1.54) is 7.11 Å². The summed E-state index contributed by atoms with van der Waals surface area (Å²) in [6.07, 6.45) is 0.488. The van der Waals surface area contributed by atoms with Gasteiger partial charge in [-0.15, -0.1) is 11.6 Å². The van der Waals surface area contributed by atoms with Crippen molar-refractivity contribution in [2.24, 2.45) is 0 Å². The standard InChI is InChI=1S/C11H12BrClO2/c1-7-5-8(3-4-9(7)12)6-10(13)11(14)15-2/h3-5,10H,6H2,1-2H3. The van der Waals surface area contributed by atoms with Gasteiger partial charge in [0.05, 0.1) is 7.11 Å². The molecular formula is C11H12BrClO2. The minimum absolute atomic E-state index is 0.391. The number of carbonyl (C=O) groups is 1. The number of methoxy groups -OCH3 is 1. The van der Waals surface area contributed by atoms with Gasteiger partial charge in [0.25, 0.3) is 0 Å². The summed E-state index contributed by atoms with van der Waals surface area (Å²) in [5, 5.41) is -0.615. The summed E-state index contributed by atoms with van der Waals surface area (Å²) in [7, 11) is 1.34. The molecule has 1 rings (SSSR count). The van der Waals surface area contributed by atoms with Crippen molar-refractivity contribution >= 4 is 33.5 Å². The number of aryl methyl sites for hydroxylation is 1. The van der Waals surface area contributed by atoms with Crippen molar-refractivity contribution in [3.8, 4) is 0 Å². The van der Waals surface area contributed by atoms with Crippen LogP contribution in [0.3, 0.4) is 0 Å². The van der Waals surface area contributed by atoms with Gasteiger partial charge in [0.15, 0.2) is 0 Å². The highest BCUT2D eigenvalue weighted by Gasteiger charge is 2.16. The summed E-state index contributed by atoms with van der Waals surface area (Å²) in [6.45, 7) is 2.00. The number of hydrogen-bond donors (Lipinski definition) is 0.